The van der Waals surface area contributed by atoms with Gasteiger partial charge in [-0.05, 0) is 80.9 Å². The van der Waals surface area contributed by atoms with Gasteiger partial charge in [0.25, 0.3) is 0 Å². The van der Waals surface area contributed by atoms with Crippen LogP contribution in [-0.4, -0.2) is 51.9 Å². The normalized spacial score (nSPS) is 21.9. The number of thiocarbonyl (C=S) groups is 1. The second-order valence-electron chi connectivity index (χ2n) is 9.12. The van der Waals surface area contributed by atoms with Gasteiger partial charge < -0.3 is 24.3 Å². The fourth-order valence-corrected chi connectivity index (χ4v) is 5.64. The molecule has 0 saturated carbocycles. The summed E-state index contributed by atoms with van der Waals surface area (Å²) in [6.45, 7) is 5.75. The Labute approximate surface area is 211 Å². The van der Waals surface area contributed by atoms with Gasteiger partial charge in [-0.25, -0.2) is 4.79 Å². The third kappa shape index (κ3) is 4.44. The van der Waals surface area contributed by atoms with E-state index >= 15 is 0 Å². The van der Waals surface area contributed by atoms with Crippen molar-refractivity contribution in [3.63, 3.8) is 0 Å². The Morgan fingerprint density at radius 1 is 1.23 bits per heavy atom. The molecule has 0 bridgehead atoms. The number of methoxy groups -OCH3 is 1. The quantitative estimate of drug-likeness (QED) is 0.405. The van der Waals surface area contributed by atoms with Crippen LogP contribution in [0.2, 0.25) is 0 Å². The molecule has 3 atom stereocenters. The molecule has 35 heavy (non-hydrogen) atoms. The lowest BCUT2D eigenvalue weighted by Crippen LogP contribution is -2.36. The molecule has 5 rings (SSSR count). The van der Waals surface area contributed by atoms with Crippen LogP contribution in [0.3, 0.4) is 0 Å². The molecule has 8 heteroatoms. The van der Waals surface area contributed by atoms with Gasteiger partial charge >= 0.3 is 5.97 Å². The predicted octanol–water partition coefficient (Wildman–Crippen LogP) is 4.43. The first-order valence-electron chi connectivity index (χ1n) is 11.9. The van der Waals surface area contributed by atoms with Crippen molar-refractivity contribution in [1.29, 1.82) is 0 Å². The molecular weight excluding hydrogens is 460 g/mol. The summed E-state index contributed by atoms with van der Waals surface area (Å²) in [4.78, 5) is 19.1. The largest absolute Gasteiger partial charge is 0.465 e. The summed E-state index contributed by atoms with van der Waals surface area (Å²) in [6.07, 6.45) is 4.11. The molecule has 2 saturated heterocycles. The number of pyridine rings is 1. The Bertz CT molecular complexity index is 1240. The van der Waals surface area contributed by atoms with Gasteiger partial charge in [0.1, 0.15) is 0 Å². The maximum absolute atomic E-state index is 12.1. The number of aromatic nitrogens is 2. The van der Waals surface area contributed by atoms with Crippen molar-refractivity contribution in [3.05, 3.63) is 82.9 Å². The fourth-order valence-electron chi connectivity index (χ4n) is 5.32. The number of ether oxygens (including phenoxy) is 2. The van der Waals surface area contributed by atoms with Crippen LogP contribution in [0.5, 0.6) is 0 Å². The van der Waals surface area contributed by atoms with Gasteiger partial charge in [-0.1, -0.05) is 12.1 Å². The smallest absolute Gasteiger partial charge is 0.337 e. The van der Waals surface area contributed by atoms with Crippen molar-refractivity contribution in [1.82, 2.24) is 19.8 Å². The minimum atomic E-state index is -0.349. The minimum absolute atomic E-state index is 0.0367. The van der Waals surface area contributed by atoms with Crippen LogP contribution >= 0.6 is 12.2 Å². The first kappa shape index (κ1) is 23.5. The maximum atomic E-state index is 12.1. The molecule has 1 N–H and O–H groups in total. The first-order chi connectivity index (χ1) is 17.0. The molecule has 0 aliphatic carbocycles. The lowest BCUT2D eigenvalue weighted by molar-refractivity contribution is 0.0600. The first-order valence-corrected chi connectivity index (χ1v) is 12.4. The van der Waals surface area contributed by atoms with Crippen LogP contribution < -0.4 is 5.32 Å². The van der Waals surface area contributed by atoms with E-state index in [0.717, 1.165) is 53.9 Å². The van der Waals surface area contributed by atoms with Crippen molar-refractivity contribution in [3.8, 4) is 5.69 Å². The summed E-state index contributed by atoms with van der Waals surface area (Å²) in [5.74, 6) is -0.349. The highest BCUT2D eigenvalue weighted by atomic mass is 32.1. The summed E-state index contributed by atoms with van der Waals surface area (Å²) < 4.78 is 13.1. The van der Waals surface area contributed by atoms with E-state index in [-0.39, 0.29) is 24.2 Å². The van der Waals surface area contributed by atoms with Gasteiger partial charge in [0.2, 0.25) is 0 Å². The Kier molecular flexibility index (Phi) is 6.58. The molecule has 4 heterocycles. The monoisotopic (exact) mass is 490 g/mol. The van der Waals surface area contributed by atoms with Gasteiger partial charge in [-0.15, -0.1) is 0 Å². The number of benzene rings is 1. The van der Waals surface area contributed by atoms with E-state index in [4.69, 9.17) is 21.7 Å². The molecule has 0 radical (unpaired) electrons. The maximum Gasteiger partial charge on any atom is 0.337 e. The van der Waals surface area contributed by atoms with Crippen LogP contribution in [0.4, 0.5) is 0 Å². The van der Waals surface area contributed by atoms with E-state index in [1.807, 2.05) is 42.6 Å². The van der Waals surface area contributed by atoms with Crippen LogP contribution in [0.1, 0.15) is 57.9 Å². The summed E-state index contributed by atoms with van der Waals surface area (Å²) in [6, 6.07) is 15.6. The van der Waals surface area contributed by atoms with E-state index in [1.165, 1.54) is 12.7 Å². The Hall–Kier alpha value is -3.23. The van der Waals surface area contributed by atoms with Gasteiger partial charge in [-0.3, -0.25) is 4.98 Å². The number of nitrogens with one attached hydrogen (secondary N) is 1. The SMILES string of the molecule is COC(=O)c1cccc(-n2c(C)cc([C@@H]3[C@@H](c4ccccn4)NC(=S)N3C[C@@H]3CCCO3)c2C)c1. The molecule has 2 fully saturated rings. The van der Waals surface area contributed by atoms with Crippen molar-refractivity contribution in [2.24, 2.45) is 0 Å². The molecule has 182 valence electrons. The fraction of sp³-hybridized carbons (Fsp3) is 0.370. The number of nitrogens with zero attached hydrogens (tertiary/aromatic N) is 3. The van der Waals surface area contributed by atoms with E-state index in [2.05, 4.69) is 39.7 Å². The Balaban J connectivity index is 1.58. The number of esters is 1. The molecule has 0 spiro atoms. The average molecular weight is 491 g/mol. The second kappa shape index (κ2) is 9.79. The molecule has 1 aromatic carbocycles. The predicted molar refractivity (Wildman–Crippen MR) is 138 cm³/mol. The van der Waals surface area contributed by atoms with Crippen molar-refractivity contribution >= 4 is 23.3 Å². The van der Waals surface area contributed by atoms with Crippen molar-refractivity contribution in [2.75, 3.05) is 20.3 Å². The van der Waals surface area contributed by atoms with E-state index in [1.54, 1.807) is 6.07 Å². The van der Waals surface area contributed by atoms with Crippen molar-refractivity contribution < 1.29 is 14.3 Å². The summed E-state index contributed by atoms with van der Waals surface area (Å²) in [5, 5.41) is 4.26. The molecule has 7 nitrogen and oxygen atoms in total. The second-order valence-corrected chi connectivity index (χ2v) is 9.50. The van der Waals surface area contributed by atoms with E-state index < -0.39 is 0 Å². The number of carbonyl (C=O) groups excluding carboxylic acids is 1. The molecular formula is C27H30N4O3S. The lowest BCUT2D eigenvalue weighted by atomic mass is 9.96. The third-order valence-electron chi connectivity index (χ3n) is 6.94. The van der Waals surface area contributed by atoms with Gasteiger partial charge in [0.15, 0.2) is 5.11 Å². The minimum Gasteiger partial charge on any atom is -0.465 e. The van der Waals surface area contributed by atoms with Crippen molar-refractivity contribution in [2.45, 2.75) is 44.9 Å². The van der Waals surface area contributed by atoms with Crippen LogP contribution in [0, 0.1) is 13.8 Å². The highest BCUT2D eigenvalue weighted by Crippen LogP contribution is 2.42. The van der Waals surface area contributed by atoms with E-state index in [0.29, 0.717) is 5.56 Å². The summed E-state index contributed by atoms with van der Waals surface area (Å²) in [5.41, 5.74) is 5.74. The number of carbonyl (C=O) groups is 1. The highest BCUT2D eigenvalue weighted by molar-refractivity contribution is 7.80. The Morgan fingerprint density at radius 2 is 2.09 bits per heavy atom. The van der Waals surface area contributed by atoms with Gasteiger partial charge in [0.05, 0.1) is 36.6 Å². The molecule has 2 aromatic heterocycles. The molecule has 0 unspecified atom stereocenters. The number of aryl methyl sites for hydroxylation is 1. The van der Waals surface area contributed by atoms with Crippen LogP contribution in [0.25, 0.3) is 5.69 Å². The van der Waals surface area contributed by atoms with Crippen LogP contribution in [-0.2, 0) is 9.47 Å². The average Bonchev–Trinajstić information content (AvgIpc) is 3.58. The molecule has 0 amide bonds. The third-order valence-corrected chi connectivity index (χ3v) is 7.29. The number of hydrogen-bond acceptors (Lipinski definition) is 5. The molecule has 2 aliphatic heterocycles. The van der Waals surface area contributed by atoms with Gasteiger partial charge in [-0.2, -0.15) is 0 Å². The topological polar surface area (TPSA) is 68.6 Å². The molecule has 2 aliphatic rings. The number of hydrogen-bond donors (Lipinski definition) is 1. The zero-order chi connectivity index (χ0) is 24.5. The highest BCUT2D eigenvalue weighted by Gasteiger charge is 2.42. The molecule has 3 aromatic rings. The van der Waals surface area contributed by atoms with Gasteiger partial charge in [0, 0.05) is 36.4 Å². The number of rotatable bonds is 6. The zero-order valence-electron chi connectivity index (χ0n) is 20.2. The van der Waals surface area contributed by atoms with Crippen LogP contribution in [0.15, 0.2) is 54.7 Å². The standard InChI is InChI=1S/C27H30N4O3S/c1-17-14-22(18(2)31(17)20-9-6-8-19(15-20)26(32)33-3)25-24(23-11-4-5-12-28-23)29-27(35)30(25)16-21-10-7-13-34-21/h4-6,8-9,11-12,14-15,21,24-25H,7,10,13,16H2,1-3H3,(H,29,35)/t21-,24+,25+/m0/s1. The lowest BCUT2D eigenvalue weighted by Gasteiger charge is -2.30. The summed E-state index contributed by atoms with van der Waals surface area (Å²) in [7, 11) is 1.40. The van der Waals surface area contributed by atoms with E-state index in [9.17, 15) is 4.79 Å². The summed E-state index contributed by atoms with van der Waals surface area (Å²) >= 11 is 5.84. The Morgan fingerprint density at radius 3 is 2.80 bits per heavy atom. The zero-order valence-corrected chi connectivity index (χ0v) is 21.0.